The number of nitrogens with one attached hydrogen (secondary N) is 2. The quantitative estimate of drug-likeness (QED) is 0.673. The van der Waals surface area contributed by atoms with Crippen molar-refractivity contribution < 1.29 is 14.3 Å². The molecule has 2 N–H and O–H groups in total. The Bertz CT molecular complexity index is 410. The first kappa shape index (κ1) is 16.5. The van der Waals surface area contributed by atoms with Gasteiger partial charge in [-0.2, -0.15) is 0 Å². The molecular formula is C15H24N2O3. The fraction of sp³-hybridized carbons (Fsp3) is 0.533. The number of hydrogen-bond acceptors (Lipinski definition) is 4. The zero-order chi connectivity index (χ0) is 14.8. The highest BCUT2D eigenvalue weighted by atomic mass is 16.5. The monoisotopic (exact) mass is 280 g/mol. The minimum Gasteiger partial charge on any atom is -0.484 e. The third-order valence-electron chi connectivity index (χ3n) is 3.01. The van der Waals surface area contributed by atoms with Crippen LogP contribution < -0.4 is 15.4 Å². The third-order valence-corrected chi connectivity index (χ3v) is 3.01. The van der Waals surface area contributed by atoms with Gasteiger partial charge in [0.2, 0.25) is 0 Å². The second kappa shape index (κ2) is 9.34. The van der Waals surface area contributed by atoms with Gasteiger partial charge in [0, 0.05) is 26.3 Å². The van der Waals surface area contributed by atoms with Crippen molar-refractivity contribution in [3.8, 4) is 5.75 Å². The van der Waals surface area contributed by atoms with Gasteiger partial charge in [0.1, 0.15) is 5.75 Å². The summed E-state index contributed by atoms with van der Waals surface area (Å²) in [6.07, 6.45) is 0.803. The van der Waals surface area contributed by atoms with Crippen LogP contribution in [0.4, 0.5) is 0 Å². The molecule has 0 fully saturated rings. The van der Waals surface area contributed by atoms with E-state index in [4.69, 9.17) is 9.47 Å². The first-order chi connectivity index (χ1) is 9.67. The Morgan fingerprint density at radius 2 is 2.20 bits per heavy atom. The van der Waals surface area contributed by atoms with Crippen LogP contribution in [0.15, 0.2) is 24.3 Å². The number of hydrogen-bond donors (Lipinski definition) is 2. The summed E-state index contributed by atoms with van der Waals surface area (Å²) >= 11 is 0. The van der Waals surface area contributed by atoms with Crippen molar-refractivity contribution in [1.82, 2.24) is 10.6 Å². The topological polar surface area (TPSA) is 59.6 Å². The molecule has 1 aromatic carbocycles. The van der Waals surface area contributed by atoms with Crippen LogP contribution in [0.25, 0.3) is 0 Å². The molecule has 0 saturated heterocycles. The van der Waals surface area contributed by atoms with E-state index in [0.29, 0.717) is 18.9 Å². The van der Waals surface area contributed by atoms with Gasteiger partial charge in [-0.25, -0.2) is 0 Å². The van der Waals surface area contributed by atoms with Crippen molar-refractivity contribution in [2.75, 3.05) is 33.9 Å². The molecule has 1 rings (SSSR count). The molecule has 0 heterocycles. The van der Waals surface area contributed by atoms with Crippen LogP contribution >= 0.6 is 0 Å². The number of ether oxygens (including phenoxy) is 2. The Morgan fingerprint density at radius 1 is 1.40 bits per heavy atom. The van der Waals surface area contributed by atoms with Gasteiger partial charge in [0.25, 0.3) is 5.91 Å². The summed E-state index contributed by atoms with van der Waals surface area (Å²) in [5.74, 6) is 0.588. The van der Waals surface area contributed by atoms with E-state index in [1.165, 1.54) is 0 Å². The smallest absolute Gasteiger partial charge is 0.257 e. The maximum absolute atomic E-state index is 11.6. The van der Waals surface area contributed by atoms with Gasteiger partial charge in [0.15, 0.2) is 6.61 Å². The predicted molar refractivity (Wildman–Crippen MR) is 78.9 cm³/mol. The van der Waals surface area contributed by atoms with E-state index in [0.717, 1.165) is 12.0 Å². The number of carbonyl (C=O) groups is 1. The molecule has 0 aliphatic heterocycles. The Kier molecular flexibility index (Phi) is 7.69. The maximum Gasteiger partial charge on any atom is 0.257 e. The lowest BCUT2D eigenvalue weighted by Gasteiger charge is -2.12. The summed E-state index contributed by atoms with van der Waals surface area (Å²) in [4.78, 5) is 11.6. The van der Waals surface area contributed by atoms with Gasteiger partial charge < -0.3 is 20.1 Å². The molecule has 0 aliphatic carbocycles. The third kappa shape index (κ3) is 6.04. The molecule has 0 spiro atoms. The second-order valence-electron chi connectivity index (χ2n) is 4.57. The van der Waals surface area contributed by atoms with Crippen LogP contribution in [0, 0.1) is 0 Å². The van der Waals surface area contributed by atoms with Crippen molar-refractivity contribution in [3.05, 3.63) is 29.8 Å². The zero-order valence-electron chi connectivity index (χ0n) is 12.4. The van der Waals surface area contributed by atoms with Crippen molar-refractivity contribution >= 4 is 5.91 Å². The lowest BCUT2D eigenvalue weighted by molar-refractivity contribution is -0.123. The molecule has 112 valence electrons. The summed E-state index contributed by atoms with van der Waals surface area (Å²) in [6.45, 7) is 3.35. The summed E-state index contributed by atoms with van der Waals surface area (Å²) in [6, 6.07) is 8.00. The molecule has 0 saturated carbocycles. The van der Waals surface area contributed by atoms with E-state index < -0.39 is 0 Å². The maximum atomic E-state index is 11.6. The largest absolute Gasteiger partial charge is 0.484 e. The summed E-state index contributed by atoms with van der Waals surface area (Å²) < 4.78 is 10.4. The van der Waals surface area contributed by atoms with E-state index in [1.54, 1.807) is 7.11 Å². The van der Waals surface area contributed by atoms with E-state index in [-0.39, 0.29) is 18.6 Å². The van der Waals surface area contributed by atoms with Crippen molar-refractivity contribution in [2.45, 2.75) is 19.4 Å². The van der Waals surface area contributed by atoms with Crippen molar-refractivity contribution in [1.29, 1.82) is 0 Å². The highest BCUT2D eigenvalue weighted by molar-refractivity contribution is 5.77. The highest BCUT2D eigenvalue weighted by Crippen LogP contribution is 2.18. The van der Waals surface area contributed by atoms with E-state index in [2.05, 4.69) is 17.6 Å². The average molecular weight is 280 g/mol. The Hall–Kier alpha value is -1.59. The van der Waals surface area contributed by atoms with Crippen molar-refractivity contribution in [3.63, 3.8) is 0 Å². The molecule has 1 atom stereocenters. The number of methoxy groups -OCH3 is 1. The lowest BCUT2D eigenvalue weighted by Crippen LogP contribution is -2.30. The number of carbonyl (C=O) groups excluding carboxylic acids is 1. The van der Waals surface area contributed by atoms with Gasteiger partial charge in [0.05, 0.1) is 0 Å². The second-order valence-corrected chi connectivity index (χ2v) is 4.57. The minimum absolute atomic E-state index is 0.0321. The first-order valence-electron chi connectivity index (χ1n) is 6.83. The van der Waals surface area contributed by atoms with Crippen LogP contribution in [0.2, 0.25) is 0 Å². The molecule has 5 nitrogen and oxygen atoms in total. The normalized spacial score (nSPS) is 11.9. The first-order valence-corrected chi connectivity index (χ1v) is 6.83. The number of rotatable bonds is 9. The number of benzene rings is 1. The summed E-state index contributed by atoms with van der Waals surface area (Å²) in [5, 5.41) is 5.95. The Balaban J connectivity index is 2.35. The van der Waals surface area contributed by atoms with E-state index in [9.17, 15) is 4.79 Å². The van der Waals surface area contributed by atoms with Gasteiger partial charge in [-0.3, -0.25) is 4.79 Å². The minimum atomic E-state index is -0.117. The average Bonchev–Trinajstić information content (AvgIpc) is 2.49. The van der Waals surface area contributed by atoms with Gasteiger partial charge >= 0.3 is 0 Å². The lowest BCUT2D eigenvalue weighted by atomic mass is 10.1. The molecule has 1 amide bonds. The van der Waals surface area contributed by atoms with Crippen LogP contribution in [-0.2, 0) is 9.53 Å². The highest BCUT2D eigenvalue weighted by Gasteiger charge is 2.05. The molecule has 1 unspecified atom stereocenters. The standard InChI is InChI=1S/C15H24N2O3/c1-12(16-2)13-6-4-7-14(10-13)20-11-15(18)17-8-5-9-19-3/h4,6-7,10,12,16H,5,8-9,11H2,1-3H3,(H,17,18). The van der Waals surface area contributed by atoms with Gasteiger partial charge in [-0.05, 0) is 38.1 Å². The van der Waals surface area contributed by atoms with Gasteiger partial charge in [-0.1, -0.05) is 12.1 Å². The molecule has 1 aromatic rings. The molecule has 0 bridgehead atoms. The molecule has 0 radical (unpaired) electrons. The van der Waals surface area contributed by atoms with Crippen LogP contribution in [0.5, 0.6) is 5.75 Å². The van der Waals surface area contributed by atoms with Crippen molar-refractivity contribution in [2.24, 2.45) is 0 Å². The SMILES string of the molecule is CNC(C)c1cccc(OCC(=O)NCCCOC)c1. The molecule has 0 aliphatic rings. The Morgan fingerprint density at radius 3 is 2.90 bits per heavy atom. The van der Waals surface area contributed by atoms with Gasteiger partial charge in [-0.15, -0.1) is 0 Å². The molecular weight excluding hydrogens is 256 g/mol. The predicted octanol–water partition coefficient (Wildman–Crippen LogP) is 1.50. The Labute approximate surface area is 120 Å². The fourth-order valence-electron chi connectivity index (χ4n) is 1.68. The van der Waals surface area contributed by atoms with Crippen LogP contribution in [0.1, 0.15) is 24.9 Å². The zero-order valence-corrected chi connectivity index (χ0v) is 12.4. The van der Waals surface area contributed by atoms with E-state index in [1.807, 2.05) is 31.3 Å². The molecule has 5 heteroatoms. The molecule has 0 aromatic heterocycles. The fourth-order valence-corrected chi connectivity index (χ4v) is 1.68. The summed E-state index contributed by atoms with van der Waals surface area (Å²) in [7, 11) is 3.55. The van der Waals surface area contributed by atoms with Crippen LogP contribution in [0.3, 0.4) is 0 Å². The van der Waals surface area contributed by atoms with E-state index >= 15 is 0 Å². The van der Waals surface area contributed by atoms with Crippen LogP contribution in [-0.4, -0.2) is 39.8 Å². The number of amides is 1. The molecule has 20 heavy (non-hydrogen) atoms. The summed E-state index contributed by atoms with van der Waals surface area (Å²) in [5.41, 5.74) is 1.13.